The van der Waals surface area contributed by atoms with Crippen LogP contribution >= 0.6 is 0 Å². The summed E-state index contributed by atoms with van der Waals surface area (Å²) in [7, 11) is 2.20. The summed E-state index contributed by atoms with van der Waals surface area (Å²) in [6.07, 6.45) is 6.24. The molecule has 0 aromatic carbocycles. The van der Waals surface area contributed by atoms with Crippen LogP contribution in [0.1, 0.15) is 31.4 Å². The zero-order valence-corrected chi connectivity index (χ0v) is 10.2. The largest absolute Gasteiger partial charge is 0.307 e. The van der Waals surface area contributed by atoms with E-state index in [0.29, 0.717) is 12.1 Å². The minimum Gasteiger partial charge on any atom is -0.307 e. The van der Waals surface area contributed by atoms with Gasteiger partial charge in [-0.05, 0) is 57.6 Å². The Morgan fingerprint density at radius 3 is 2.56 bits per heavy atom. The summed E-state index contributed by atoms with van der Waals surface area (Å²) in [5.74, 6) is 0. The van der Waals surface area contributed by atoms with Crippen molar-refractivity contribution in [1.82, 2.24) is 15.2 Å². The van der Waals surface area contributed by atoms with E-state index in [4.69, 9.17) is 0 Å². The van der Waals surface area contributed by atoms with E-state index in [1.807, 2.05) is 12.4 Å². The Morgan fingerprint density at radius 2 is 1.94 bits per heavy atom. The predicted octanol–water partition coefficient (Wildman–Crippen LogP) is 1.83. The fraction of sp³-hybridized carbons (Fsp3) is 0.615. The lowest BCUT2D eigenvalue weighted by molar-refractivity contribution is 0.226. The van der Waals surface area contributed by atoms with Crippen LogP contribution in [-0.2, 0) is 0 Å². The van der Waals surface area contributed by atoms with Gasteiger partial charge in [-0.15, -0.1) is 0 Å². The van der Waals surface area contributed by atoms with Crippen molar-refractivity contribution < 1.29 is 0 Å². The number of nitrogens with one attached hydrogen (secondary N) is 1. The zero-order valence-electron chi connectivity index (χ0n) is 10.2. The van der Waals surface area contributed by atoms with Crippen LogP contribution in [0.15, 0.2) is 24.5 Å². The second-order valence-electron chi connectivity index (χ2n) is 4.75. The Labute approximate surface area is 97.9 Å². The van der Waals surface area contributed by atoms with Crippen LogP contribution in [0, 0.1) is 0 Å². The monoisotopic (exact) mass is 219 g/mol. The molecule has 1 aromatic rings. The number of aromatic nitrogens is 1. The summed E-state index contributed by atoms with van der Waals surface area (Å²) in [4.78, 5) is 6.45. The Bertz CT molecular complexity index is 304. The lowest BCUT2D eigenvalue weighted by Gasteiger charge is -2.31. The molecule has 1 aliphatic heterocycles. The van der Waals surface area contributed by atoms with Gasteiger partial charge in [0.15, 0.2) is 0 Å². The minimum atomic E-state index is 0.427. The quantitative estimate of drug-likeness (QED) is 0.840. The maximum Gasteiger partial charge on any atom is 0.0295 e. The average molecular weight is 219 g/mol. The third-order valence-electron chi connectivity index (χ3n) is 3.41. The predicted molar refractivity (Wildman–Crippen MR) is 66.3 cm³/mol. The molecule has 0 saturated carbocycles. The average Bonchev–Trinajstić information content (AvgIpc) is 2.33. The molecular weight excluding hydrogens is 198 g/mol. The first-order valence-corrected chi connectivity index (χ1v) is 6.10. The topological polar surface area (TPSA) is 28.2 Å². The smallest absolute Gasteiger partial charge is 0.0295 e. The number of nitrogens with zero attached hydrogens (tertiary/aromatic N) is 2. The first-order valence-electron chi connectivity index (χ1n) is 6.10. The normalized spacial score (nSPS) is 20.9. The standard InChI is InChI=1S/C13H21N3/c1-11(12-3-7-14-8-4-12)15-13-5-9-16(2)10-6-13/h3-4,7-8,11,13,15H,5-6,9-10H2,1-2H3. The van der Waals surface area contributed by atoms with Crippen LogP contribution < -0.4 is 5.32 Å². The molecule has 1 aromatic heterocycles. The van der Waals surface area contributed by atoms with Gasteiger partial charge in [-0.2, -0.15) is 0 Å². The van der Waals surface area contributed by atoms with Gasteiger partial charge in [-0.1, -0.05) is 0 Å². The second-order valence-corrected chi connectivity index (χ2v) is 4.75. The van der Waals surface area contributed by atoms with E-state index in [1.165, 1.54) is 31.5 Å². The summed E-state index contributed by atoms with van der Waals surface area (Å²) < 4.78 is 0. The molecule has 88 valence electrons. The van der Waals surface area contributed by atoms with Gasteiger partial charge in [0.25, 0.3) is 0 Å². The molecule has 2 rings (SSSR count). The van der Waals surface area contributed by atoms with Crippen molar-refractivity contribution in [3.8, 4) is 0 Å². The van der Waals surface area contributed by atoms with Crippen LogP contribution in [-0.4, -0.2) is 36.1 Å². The van der Waals surface area contributed by atoms with Crippen molar-refractivity contribution in [2.75, 3.05) is 20.1 Å². The van der Waals surface area contributed by atoms with E-state index in [2.05, 4.69) is 41.3 Å². The molecule has 1 N–H and O–H groups in total. The van der Waals surface area contributed by atoms with E-state index in [9.17, 15) is 0 Å². The molecule has 0 amide bonds. The zero-order chi connectivity index (χ0) is 11.4. The third-order valence-corrected chi connectivity index (χ3v) is 3.41. The highest BCUT2D eigenvalue weighted by Gasteiger charge is 2.18. The third kappa shape index (κ3) is 3.03. The van der Waals surface area contributed by atoms with Crippen molar-refractivity contribution in [3.05, 3.63) is 30.1 Å². The molecule has 0 aliphatic carbocycles. The van der Waals surface area contributed by atoms with Crippen molar-refractivity contribution in [2.45, 2.75) is 31.8 Å². The molecule has 1 fully saturated rings. The van der Waals surface area contributed by atoms with Crippen LogP contribution in [0.25, 0.3) is 0 Å². The van der Waals surface area contributed by atoms with Gasteiger partial charge in [-0.3, -0.25) is 4.98 Å². The van der Waals surface area contributed by atoms with Crippen LogP contribution in [0.2, 0.25) is 0 Å². The van der Waals surface area contributed by atoms with Gasteiger partial charge < -0.3 is 10.2 Å². The minimum absolute atomic E-state index is 0.427. The number of hydrogen-bond donors (Lipinski definition) is 1. The van der Waals surface area contributed by atoms with Gasteiger partial charge in [-0.25, -0.2) is 0 Å². The highest BCUT2D eigenvalue weighted by atomic mass is 15.1. The van der Waals surface area contributed by atoms with Crippen LogP contribution in [0.5, 0.6) is 0 Å². The van der Waals surface area contributed by atoms with Crippen LogP contribution in [0.4, 0.5) is 0 Å². The maximum atomic E-state index is 4.05. The summed E-state index contributed by atoms with van der Waals surface area (Å²) in [6, 6.07) is 5.27. The van der Waals surface area contributed by atoms with E-state index >= 15 is 0 Å². The number of likely N-dealkylation sites (tertiary alicyclic amines) is 1. The van der Waals surface area contributed by atoms with E-state index < -0.39 is 0 Å². The van der Waals surface area contributed by atoms with Gasteiger partial charge in [0, 0.05) is 24.5 Å². The van der Waals surface area contributed by atoms with Crippen LogP contribution in [0.3, 0.4) is 0 Å². The number of piperidine rings is 1. The van der Waals surface area contributed by atoms with E-state index in [1.54, 1.807) is 0 Å². The molecule has 1 unspecified atom stereocenters. The van der Waals surface area contributed by atoms with Gasteiger partial charge >= 0.3 is 0 Å². The summed E-state index contributed by atoms with van der Waals surface area (Å²) in [5.41, 5.74) is 1.33. The summed E-state index contributed by atoms with van der Waals surface area (Å²) in [5, 5.41) is 3.70. The Kier molecular flexibility index (Phi) is 3.91. The van der Waals surface area contributed by atoms with Crippen molar-refractivity contribution in [2.24, 2.45) is 0 Å². The molecule has 3 heteroatoms. The number of hydrogen-bond acceptors (Lipinski definition) is 3. The van der Waals surface area contributed by atoms with Gasteiger partial charge in [0.2, 0.25) is 0 Å². The van der Waals surface area contributed by atoms with Gasteiger partial charge in [0.05, 0.1) is 0 Å². The molecule has 0 spiro atoms. The van der Waals surface area contributed by atoms with Crippen molar-refractivity contribution in [1.29, 1.82) is 0 Å². The summed E-state index contributed by atoms with van der Waals surface area (Å²) >= 11 is 0. The van der Waals surface area contributed by atoms with Crippen molar-refractivity contribution in [3.63, 3.8) is 0 Å². The highest BCUT2D eigenvalue weighted by molar-refractivity contribution is 5.14. The Hall–Kier alpha value is -0.930. The number of rotatable bonds is 3. The summed E-state index contributed by atoms with van der Waals surface area (Å²) in [6.45, 7) is 4.65. The Balaban J connectivity index is 1.86. The second kappa shape index (κ2) is 5.41. The SMILES string of the molecule is CC(NC1CCN(C)CC1)c1ccncc1. The highest BCUT2D eigenvalue weighted by Crippen LogP contribution is 2.15. The number of pyridine rings is 1. The maximum absolute atomic E-state index is 4.05. The first-order chi connectivity index (χ1) is 7.75. The molecule has 0 radical (unpaired) electrons. The molecule has 16 heavy (non-hydrogen) atoms. The first kappa shape index (κ1) is 11.6. The van der Waals surface area contributed by atoms with Crippen molar-refractivity contribution >= 4 is 0 Å². The molecule has 0 bridgehead atoms. The Morgan fingerprint density at radius 1 is 1.31 bits per heavy atom. The molecule has 3 nitrogen and oxygen atoms in total. The van der Waals surface area contributed by atoms with E-state index in [0.717, 1.165) is 0 Å². The van der Waals surface area contributed by atoms with Gasteiger partial charge in [0.1, 0.15) is 0 Å². The van der Waals surface area contributed by atoms with E-state index in [-0.39, 0.29) is 0 Å². The lowest BCUT2D eigenvalue weighted by atomic mass is 10.0. The fourth-order valence-corrected chi connectivity index (χ4v) is 2.28. The fourth-order valence-electron chi connectivity index (χ4n) is 2.28. The molecule has 1 aliphatic rings. The molecule has 1 atom stereocenters. The molecular formula is C13H21N3. The molecule has 2 heterocycles. The lowest BCUT2D eigenvalue weighted by Crippen LogP contribution is -2.41. The molecule has 1 saturated heterocycles.